The lowest BCUT2D eigenvalue weighted by atomic mass is 10.1. The van der Waals surface area contributed by atoms with Crippen LogP contribution >= 0.6 is 0 Å². The van der Waals surface area contributed by atoms with E-state index >= 15 is 0 Å². The number of rotatable bonds is 4. The van der Waals surface area contributed by atoms with Crippen LogP contribution in [0.15, 0.2) is 36.5 Å². The molecule has 1 saturated heterocycles. The Bertz CT molecular complexity index is 1600. The van der Waals surface area contributed by atoms with Crippen LogP contribution in [0, 0.1) is 12.8 Å². The van der Waals surface area contributed by atoms with Gasteiger partial charge in [0.2, 0.25) is 11.8 Å². The summed E-state index contributed by atoms with van der Waals surface area (Å²) in [7, 11) is 0. The molecule has 1 unspecified atom stereocenters. The first kappa shape index (κ1) is 26.9. The number of carbonyl (C=O) groups is 1. The van der Waals surface area contributed by atoms with Crippen molar-refractivity contribution >= 4 is 28.6 Å². The normalized spacial score (nSPS) is 21.4. The molecule has 11 nitrogen and oxygen atoms in total. The van der Waals surface area contributed by atoms with Gasteiger partial charge in [-0.1, -0.05) is 6.92 Å². The first-order chi connectivity index (χ1) is 20.5. The van der Waals surface area contributed by atoms with E-state index in [1.54, 1.807) is 6.07 Å². The molecule has 220 valence electrons. The molecular formula is C31H37N7O4. The van der Waals surface area contributed by atoms with Gasteiger partial charge in [-0.2, -0.15) is 5.10 Å². The van der Waals surface area contributed by atoms with Crippen molar-refractivity contribution in [1.29, 1.82) is 0 Å². The second kappa shape index (κ2) is 11.4. The van der Waals surface area contributed by atoms with Gasteiger partial charge in [-0.25, -0.2) is 9.67 Å². The molecule has 1 aliphatic carbocycles. The van der Waals surface area contributed by atoms with Crippen molar-refractivity contribution in [3.63, 3.8) is 0 Å². The predicted octanol–water partition coefficient (Wildman–Crippen LogP) is 4.83. The van der Waals surface area contributed by atoms with Crippen LogP contribution in [0.1, 0.15) is 54.7 Å². The molecule has 2 atom stereocenters. The van der Waals surface area contributed by atoms with Crippen LogP contribution in [0.3, 0.4) is 0 Å². The standard InChI is InChI=1S/C31H37N7O4/c1-19-4-3-9-42-30-25(16-33-38(30)23-6-7-23)26-13-21(12-20(2)34-26)29(39)36-31-35-27-14-22(5-8-28(27)37(31)17-19)32-15-24-18-40-10-11-41-24/h5,8,12-14,16,19,23-24,32H,3-4,6-7,9-11,15,17-18H2,1-2H3,(H,35,36,39)/t19-,24?/m1/s1. The Kier molecular flexibility index (Phi) is 7.29. The minimum Gasteiger partial charge on any atom is -0.477 e. The number of nitrogens with one attached hydrogen (secondary N) is 2. The van der Waals surface area contributed by atoms with Crippen molar-refractivity contribution in [2.24, 2.45) is 5.92 Å². The zero-order chi connectivity index (χ0) is 28.6. The minimum atomic E-state index is -0.231. The molecule has 3 aliphatic rings. The molecule has 0 radical (unpaired) electrons. The molecule has 2 aliphatic heterocycles. The summed E-state index contributed by atoms with van der Waals surface area (Å²) in [6.07, 6.45) is 5.91. The van der Waals surface area contributed by atoms with Crippen LogP contribution in [0.25, 0.3) is 22.3 Å². The van der Waals surface area contributed by atoms with Gasteiger partial charge in [-0.05, 0) is 68.9 Å². The molecule has 2 N–H and O–H groups in total. The van der Waals surface area contributed by atoms with Gasteiger partial charge in [-0.15, -0.1) is 0 Å². The number of pyridine rings is 1. The van der Waals surface area contributed by atoms with Crippen LogP contribution < -0.4 is 15.4 Å². The highest BCUT2D eigenvalue weighted by Crippen LogP contribution is 2.41. The highest BCUT2D eigenvalue weighted by molar-refractivity contribution is 6.05. The Morgan fingerprint density at radius 1 is 1.10 bits per heavy atom. The fraction of sp³-hybridized carbons (Fsp3) is 0.484. The van der Waals surface area contributed by atoms with E-state index in [0.29, 0.717) is 62.1 Å². The first-order valence-corrected chi connectivity index (χ1v) is 15.0. The molecule has 3 aromatic heterocycles. The number of benzene rings is 1. The summed E-state index contributed by atoms with van der Waals surface area (Å²) in [4.78, 5) is 23.3. The zero-order valence-corrected chi connectivity index (χ0v) is 24.1. The van der Waals surface area contributed by atoms with Gasteiger partial charge in [0.25, 0.3) is 5.91 Å². The van der Waals surface area contributed by atoms with Crippen molar-refractivity contribution in [2.75, 3.05) is 43.6 Å². The molecule has 5 heterocycles. The van der Waals surface area contributed by atoms with Gasteiger partial charge >= 0.3 is 0 Å². The lowest BCUT2D eigenvalue weighted by Crippen LogP contribution is -2.34. The van der Waals surface area contributed by atoms with Gasteiger partial charge in [0.05, 0.1) is 67.1 Å². The zero-order valence-electron chi connectivity index (χ0n) is 24.1. The van der Waals surface area contributed by atoms with Gasteiger partial charge in [-0.3, -0.25) is 15.1 Å². The van der Waals surface area contributed by atoms with E-state index in [2.05, 4.69) is 39.4 Å². The maximum Gasteiger partial charge on any atom is 0.258 e. The van der Waals surface area contributed by atoms with E-state index in [1.165, 1.54) is 0 Å². The number of hydrogen-bond donors (Lipinski definition) is 2. The fourth-order valence-electron chi connectivity index (χ4n) is 5.77. The number of amides is 1. The third-order valence-electron chi connectivity index (χ3n) is 8.10. The molecule has 2 bridgehead atoms. The molecule has 7 rings (SSSR count). The number of carbonyl (C=O) groups excluding carboxylic acids is 1. The maximum atomic E-state index is 13.7. The number of nitrogens with zero attached hydrogens (tertiary/aromatic N) is 5. The van der Waals surface area contributed by atoms with E-state index in [-0.39, 0.29) is 12.0 Å². The summed E-state index contributed by atoms with van der Waals surface area (Å²) in [5.74, 6) is 1.39. The van der Waals surface area contributed by atoms with Crippen LogP contribution in [-0.4, -0.2) is 69.3 Å². The minimum absolute atomic E-state index is 0.0198. The topological polar surface area (TPSA) is 117 Å². The highest BCUT2D eigenvalue weighted by Gasteiger charge is 2.30. The van der Waals surface area contributed by atoms with Crippen molar-refractivity contribution in [1.82, 2.24) is 24.3 Å². The summed E-state index contributed by atoms with van der Waals surface area (Å²) < 4.78 is 21.8. The lowest BCUT2D eigenvalue weighted by Gasteiger charge is -2.23. The number of imidazole rings is 1. The third kappa shape index (κ3) is 5.58. The average Bonchev–Trinajstić information content (AvgIpc) is 3.67. The smallest absolute Gasteiger partial charge is 0.258 e. The summed E-state index contributed by atoms with van der Waals surface area (Å²) in [5.41, 5.74) is 5.50. The maximum absolute atomic E-state index is 13.7. The van der Waals surface area contributed by atoms with E-state index in [9.17, 15) is 4.79 Å². The van der Waals surface area contributed by atoms with E-state index in [0.717, 1.165) is 66.1 Å². The number of anilines is 2. The second-order valence-corrected chi connectivity index (χ2v) is 11.7. The SMILES string of the molecule is Cc1cc2cc(n1)-c1cnn(C3CC3)c1OCCC[C@@H](C)Cn1c(nc3cc(NCC4COCCO4)ccc31)NC2=O. The summed E-state index contributed by atoms with van der Waals surface area (Å²) in [6.45, 7) is 7.94. The molecule has 42 heavy (non-hydrogen) atoms. The Morgan fingerprint density at radius 3 is 2.83 bits per heavy atom. The Morgan fingerprint density at radius 2 is 2.00 bits per heavy atom. The molecule has 2 fully saturated rings. The van der Waals surface area contributed by atoms with Crippen molar-refractivity contribution in [2.45, 2.75) is 58.2 Å². The van der Waals surface area contributed by atoms with Crippen LogP contribution in [0.5, 0.6) is 5.88 Å². The molecule has 4 aromatic rings. The van der Waals surface area contributed by atoms with Crippen molar-refractivity contribution < 1.29 is 19.0 Å². The quantitative estimate of drug-likeness (QED) is 0.358. The first-order valence-electron chi connectivity index (χ1n) is 15.0. The molecule has 11 heteroatoms. The van der Waals surface area contributed by atoms with Gasteiger partial charge in [0.1, 0.15) is 0 Å². The van der Waals surface area contributed by atoms with Gasteiger partial charge in [0, 0.05) is 30.0 Å². The lowest BCUT2D eigenvalue weighted by molar-refractivity contribution is -0.0818. The Hall–Kier alpha value is -3.96. The summed E-state index contributed by atoms with van der Waals surface area (Å²) in [6, 6.07) is 10.1. The number of aromatic nitrogens is 5. The molecule has 1 amide bonds. The van der Waals surface area contributed by atoms with E-state index < -0.39 is 0 Å². The summed E-state index contributed by atoms with van der Waals surface area (Å²) >= 11 is 0. The Balaban J connectivity index is 1.21. The second-order valence-electron chi connectivity index (χ2n) is 11.7. The predicted molar refractivity (Wildman–Crippen MR) is 159 cm³/mol. The van der Waals surface area contributed by atoms with Crippen LogP contribution in [0.2, 0.25) is 0 Å². The largest absolute Gasteiger partial charge is 0.477 e. The fourth-order valence-corrected chi connectivity index (χ4v) is 5.77. The monoisotopic (exact) mass is 571 g/mol. The molecular weight excluding hydrogens is 534 g/mol. The van der Waals surface area contributed by atoms with Crippen molar-refractivity contribution in [3.05, 3.63) is 47.8 Å². The number of fused-ring (bicyclic) bond motifs is 7. The highest BCUT2D eigenvalue weighted by atomic mass is 16.6. The van der Waals surface area contributed by atoms with Gasteiger partial charge in [0.15, 0.2) is 0 Å². The van der Waals surface area contributed by atoms with Gasteiger partial charge < -0.3 is 24.1 Å². The number of ether oxygens (including phenoxy) is 3. The third-order valence-corrected chi connectivity index (χ3v) is 8.10. The Labute approximate surface area is 244 Å². The number of aryl methyl sites for hydroxylation is 1. The molecule has 1 aromatic carbocycles. The van der Waals surface area contributed by atoms with E-state index in [4.69, 9.17) is 24.2 Å². The van der Waals surface area contributed by atoms with Crippen molar-refractivity contribution in [3.8, 4) is 17.1 Å². The van der Waals surface area contributed by atoms with Crippen LogP contribution in [-0.2, 0) is 16.0 Å². The molecule has 0 spiro atoms. The summed E-state index contributed by atoms with van der Waals surface area (Å²) in [5, 5.41) is 11.2. The van der Waals surface area contributed by atoms with Crippen LogP contribution in [0.4, 0.5) is 11.6 Å². The van der Waals surface area contributed by atoms with E-state index in [1.807, 2.05) is 29.9 Å². The average molecular weight is 572 g/mol. The molecule has 1 saturated carbocycles. The number of hydrogen-bond acceptors (Lipinski definition) is 8.